The van der Waals surface area contributed by atoms with E-state index in [0.717, 1.165) is 9.87 Å². The Morgan fingerprint density at radius 2 is 1.52 bits per heavy atom. The highest BCUT2D eigenvalue weighted by Crippen LogP contribution is 2.41. The van der Waals surface area contributed by atoms with Gasteiger partial charge in [-0.2, -0.15) is 0 Å². The summed E-state index contributed by atoms with van der Waals surface area (Å²) in [7, 11) is -4.09. The summed E-state index contributed by atoms with van der Waals surface area (Å²) in [5, 5.41) is 0. The van der Waals surface area contributed by atoms with Crippen LogP contribution in [0.1, 0.15) is 33.1 Å². The minimum absolute atomic E-state index is 0.0429. The predicted octanol–water partition coefficient (Wildman–Crippen LogP) is 4.07. The minimum Gasteiger partial charge on any atom is -0.268 e. The van der Waals surface area contributed by atoms with Gasteiger partial charge in [-0.05, 0) is 48.4 Å². The maximum atomic E-state index is 13.4. The number of carbonyl (C=O) groups excluding carboxylic acids is 1. The van der Waals surface area contributed by atoms with Crippen molar-refractivity contribution < 1.29 is 17.6 Å². The molecule has 0 fully saturated rings. The van der Waals surface area contributed by atoms with Crippen LogP contribution in [0.2, 0.25) is 0 Å². The molecule has 0 saturated heterocycles. The standard InChI is InChI=1S/C21H16FNO3S/c1-14-6-12-17(13-7-14)27(25,26)23-20(15-8-10-16(22)11-9-15)18-4-2-3-5-19(18)21(23)24/h2-13,20H,1H3/t20-/m0/s1. The van der Waals surface area contributed by atoms with Crippen LogP contribution >= 0.6 is 0 Å². The Hall–Kier alpha value is -2.99. The summed E-state index contributed by atoms with van der Waals surface area (Å²) >= 11 is 0. The molecule has 1 heterocycles. The van der Waals surface area contributed by atoms with Gasteiger partial charge in [0.15, 0.2) is 0 Å². The van der Waals surface area contributed by atoms with E-state index in [0.29, 0.717) is 16.7 Å². The van der Waals surface area contributed by atoms with Gasteiger partial charge in [0.05, 0.1) is 10.9 Å². The van der Waals surface area contributed by atoms with Crippen molar-refractivity contribution in [3.05, 3.63) is 101 Å². The molecular formula is C21H16FNO3S. The van der Waals surface area contributed by atoms with E-state index < -0.39 is 27.8 Å². The number of carbonyl (C=O) groups is 1. The van der Waals surface area contributed by atoms with Gasteiger partial charge in [0.2, 0.25) is 0 Å². The number of halogens is 1. The molecule has 136 valence electrons. The van der Waals surface area contributed by atoms with Crippen molar-refractivity contribution in [2.45, 2.75) is 17.9 Å². The predicted molar refractivity (Wildman–Crippen MR) is 99.2 cm³/mol. The molecule has 27 heavy (non-hydrogen) atoms. The van der Waals surface area contributed by atoms with Crippen molar-refractivity contribution >= 4 is 15.9 Å². The number of nitrogens with zero attached hydrogens (tertiary/aromatic N) is 1. The zero-order valence-corrected chi connectivity index (χ0v) is 15.3. The van der Waals surface area contributed by atoms with Gasteiger partial charge in [0.1, 0.15) is 5.82 Å². The average Bonchev–Trinajstić information content (AvgIpc) is 2.96. The molecule has 0 aromatic heterocycles. The van der Waals surface area contributed by atoms with Crippen molar-refractivity contribution in [2.24, 2.45) is 0 Å². The molecule has 0 radical (unpaired) electrons. The van der Waals surface area contributed by atoms with Crippen LogP contribution in [0, 0.1) is 12.7 Å². The summed E-state index contributed by atoms with van der Waals surface area (Å²) < 4.78 is 40.9. The summed E-state index contributed by atoms with van der Waals surface area (Å²) in [6.45, 7) is 1.86. The Morgan fingerprint density at radius 1 is 0.889 bits per heavy atom. The molecule has 4 nitrogen and oxygen atoms in total. The number of aryl methyl sites for hydroxylation is 1. The molecule has 3 aromatic carbocycles. The molecule has 0 bridgehead atoms. The van der Waals surface area contributed by atoms with Gasteiger partial charge in [-0.1, -0.05) is 48.0 Å². The average molecular weight is 381 g/mol. The molecule has 4 rings (SSSR count). The lowest BCUT2D eigenvalue weighted by Gasteiger charge is -2.25. The molecule has 3 aromatic rings. The Balaban J connectivity index is 1.91. The maximum Gasteiger partial charge on any atom is 0.268 e. The zero-order chi connectivity index (χ0) is 19.2. The number of sulfonamides is 1. The van der Waals surface area contributed by atoms with Crippen LogP contribution in [0.3, 0.4) is 0 Å². The molecule has 1 amide bonds. The third kappa shape index (κ3) is 2.82. The first kappa shape index (κ1) is 17.4. The van der Waals surface area contributed by atoms with Gasteiger partial charge in [-0.15, -0.1) is 0 Å². The first-order valence-corrected chi connectivity index (χ1v) is 9.83. The van der Waals surface area contributed by atoms with Crippen LogP contribution in [0.4, 0.5) is 4.39 Å². The Labute approximate surface area is 156 Å². The Kier molecular flexibility index (Phi) is 4.08. The van der Waals surface area contributed by atoms with E-state index in [-0.39, 0.29) is 4.90 Å². The van der Waals surface area contributed by atoms with Gasteiger partial charge in [-0.3, -0.25) is 4.79 Å². The maximum absolute atomic E-state index is 13.4. The molecule has 1 aliphatic rings. The SMILES string of the molecule is Cc1ccc(S(=O)(=O)N2C(=O)c3ccccc3[C@@H]2c2ccc(F)cc2)cc1. The normalized spacial score (nSPS) is 16.4. The quantitative estimate of drug-likeness (QED) is 0.687. The summed E-state index contributed by atoms with van der Waals surface area (Å²) in [6, 6.07) is 17.8. The van der Waals surface area contributed by atoms with Crippen molar-refractivity contribution in [2.75, 3.05) is 0 Å². The van der Waals surface area contributed by atoms with Gasteiger partial charge in [0, 0.05) is 5.56 Å². The van der Waals surface area contributed by atoms with Crippen molar-refractivity contribution in [3.63, 3.8) is 0 Å². The van der Waals surface area contributed by atoms with Crippen molar-refractivity contribution in [1.29, 1.82) is 0 Å². The van der Waals surface area contributed by atoms with E-state index in [1.807, 2.05) is 6.92 Å². The Bertz CT molecular complexity index is 1120. The number of hydrogen-bond acceptors (Lipinski definition) is 3. The van der Waals surface area contributed by atoms with Crippen LogP contribution in [-0.2, 0) is 10.0 Å². The van der Waals surface area contributed by atoms with Crippen LogP contribution in [0.25, 0.3) is 0 Å². The van der Waals surface area contributed by atoms with E-state index in [2.05, 4.69) is 0 Å². The van der Waals surface area contributed by atoms with E-state index >= 15 is 0 Å². The molecule has 1 aliphatic heterocycles. The second kappa shape index (κ2) is 6.32. The highest BCUT2D eigenvalue weighted by atomic mass is 32.2. The lowest BCUT2D eigenvalue weighted by molar-refractivity contribution is 0.0865. The third-order valence-electron chi connectivity index (χ3n) is 4.68. The van der Waals surface area contributed by atoms with E-state index in [1.165, 1.54) is 36.4 Å². The van der Waals surface area contributed by atoms with Crippen molar-refractivity contribution in [1.82, 2.24) is 4.31 Å². The molecule has 0 unspecified atom stereocenters. The fourth-order valence-corrected chi connectivity index (χ4v) is 4.86. The monoisotopic (exact) mass is 381 g/mol. The topological polar surface area (TPSA) is 54.5 Å². The van der Waals surface area contributed by atoms with Gasteiger partial charge in [0.25, 0.3) is 15.9 Å². The highest BCUT2D eigenvalue weighted by Gasteiger charge is 2.45. The fraction of sp³-hybridized carbons (Fsp3) is 0.0952. The minimum atomic E-state index is -4.09. The molecule has 0 saturated carbocycles. The largest absolute Gasteiger partial charge is 0.268 e. The summed E-state index contributed by atoms with van der Waals surface area (Å²) in [5.41, 5.74) is 2.37. The number of rotatable bonds is 3. The third-order valence-corrected chi connectivity index (χ3v) is 6.45. The van der Waals surface area contributed by atoms with Crippen LogP contribution < -0.4 is 0 Å². The number of amides is 1. The molecule has 0 N–H and O–H groups in total. The number of hydrogen-bond donors (Lipinski definition) is 0. The fourth-order valence-electron chi connectivity index (χ4n) is 3.32. The van der Waals surface area contributed by atoms with Crippen LogP contribution in [-0.4, -0.2) is 18.6 Å². The summed E-state index contributed by atoms with van der Waals surface area (Å²) in [4.78, 5) is 13.0. The molecule has 6 heteroatoms. The first-order valence-electron chi connectivity index (χ1n) is 8.39. The van der Waals surface area contributed by atoms with Gasteiger partial charge in [-0.25, -0.2) is 17.1 Å². The summed E-state index contributed by atoms with van der Waals surface area (Å²) in [5.74, 6) is -1.01. The second-order valence-electron chi connectivity index (χ2n) is 6.46. The van der Waals surface area contributed by atoms with E-state index in [9.17, 15) is 17.6 Å². The summed E-state index contributed by atoms with van der Waals surface area (Å²) in [6.07, 6.45) is 0. The zero-order valence-electron chi connectivity index (χ0n) is 14.5. The lowest BCUT2D eigenvalue weighted by atomic mass is 9.98. The van der Waals surface area contributed by atoms with E-state index in [4.69, 9.17) is 0 Å². The number of fused-ring (bicyclic) bond motifs is 1. The van der Waals surface area contributed by atoms with Crippen LogP contribution in [0.15, 0.2) is 77.7 Å². The molecule has 0 aliphatic carbocycles. The highest BCUT2D eigenvalue weighted by molar-refractivity contribution is 7.89. The molecule has 0 spiro atoms. The van der Waals surface area contributed by atoms with E-state index in [1.54, 1.807) is 36.4 Å². The molecule has 1 atom stereocenters. The second-order valence-corrected chi connectivity index (χ2v) is 8.28. The number of benzene rings is 3. The lowest BCUT2D eigenvalue weighted by Crippen LogP contribution is -2.35. The molecular weight excluding hydrogens is 365 g/mol. The van der Waals surface area contributed by atoms with Crippen molar-refractivity contribution in [3.8, 4) is 0 Å². The van der Waals surface area contributed by atoms with Gasteiger partial charge < -0.3 is 0 Å². The Morgan fingerprint density at radius 3 is 2.19 bits per heavy atom. The van der Waals surface area contributed by atoms with Crippen LogP contribution in [0.5, 0.6) is 0 Å². The van der Waals surface area contributed by atoms with Gasteiger partial charge >= 0.3 is 0 Å². The smallest absolute Gasteiger partial charge is 0.268 e. The first-order chi connectivity index (χ1) is 12.9.